The molecule has 6 aromatic rings. The van der Waals surface area contributed by atoms with Crippen molar-refractivity contribution in [3.8, 4) is 40.0 Å². The Hall–Kier alpha value is -5.30. The Morgan fingerprint density at radius 1 is 0.833 bits per heavy atom. The normalized spacial score (nSPS) is 11.0. The molecule has 0 N–H and O–H groups in total. The van der Waals surface area contributed by atoms with Crippen LogP contribution >= 0.6 is 0 Å². The number of hydrogen-bond acceptors (Lipinski definition) is 8. The summed E-state index contributed by atoms with van der Waals surface area (Å²) in [6.07, 6.45) is 8.97. The highest BCUT2D eigenvalue weighted by Crippen LogP contribution is 2.22. The average Bonchev–Trinajstić information content (AvgIpc) is 3.55. The molecule has 0 saturated heterocycles. The van der Waals surface area contributed by atoms with Gasteiger partial charge in [-0.05, 0) is 23.8 Å². The Labute approximate surface area is 205 Å². The zero-order chi connectivity index (χ0) is 24.5. The van der Waals surface area contributed by atoms with E-state index in [0.29, 0.717) is 34.9 Å². The van der Waals surface area contributed by atoms with Gasteiger partial charge in [0.15, 0.2) is 22.8 Å². The van der Waals surface area contributed by atoms with Gasteiger partial charge < -0.3 is 0 Å². The molecule has 10 nitrogen and oxygen atoms in total. The molecule has 0 aliphatic rings. The Balaban J connectivity index is 1.28. The summed E-state index contributed by atoms with van der Waals surface area (Å²) < 4.78 is 3.48. The summed E-state index contributed by atoms with van der Waals surface area (Å²) in [5, 5.41) is 21.9. The number of aromatic nitrogens is 9. The molecule has 4 heterocycles. The van der Waals surface area contributed by atoms with E-state index in [2.05, 4.69) is 41.4 Å². The molecule has 36 heavy (non-hydrogen) atoms. The molecule has 4 aromatic heterocycles. The maximum atomic E-state index is 9.20. The van der Waals surface area contributed by atoms with Crippen LogP contribution < -0.4 is 0 Å². The van der Waals surface area contributed by atoms with Crippen LogP contribution in [-0.2, 0) is 13.6 Å². The lowest BCUT2D eigenvalue weighted by Crippen LogP contribution is -2.04. The third-order valence-electron chi connectivity index (χ3n) is 5.71. The highest BCUT2D eigenvalue weighted by atomic mass is 15.4. The lowest BCUT2D eigenvalue weighted by Gasteiger charge is -2.06. The van der Waals surface area contributed by atoms with Crippen LogP contribution in [-0.4, -0.2) is 44.7 Å². The molecule has 0 fully saturated rings. The van der Waals surface area contributed by atoms with Gasteiger partial charge in [-0.15, -0.1) is 5.10 Å². The SMILES string of the molecule is Cn1cc(-c2cnc(-c3cccc(Cn4nnc5cnc(-c6cccc(C#N)c6)nc54)c3)nc2)cn1. The zero-order valence-corrected chi connectivity index (χ0v) is 19.2. The zero-order valence-electron chi connectivity index (χ0n) is 19.2. The van der Waals surface area contributed by atoms with Gasteiger partial charge in [0, 0.05) is 47.9 Å². The number of hydrogen-bond donors (Lipinski definition) is 0. The summed E-state index contributed by atoms with van der Waals surface area (Å²) in [4.78, 5) is 18.2. The second-order valence-corrected chi connectivity index (χ2v) is 8.24. The fraction of sp³-hybridized carbons (Fsp3) is 0.0769. The largest absolute Gasteiger partial charge is 0.275 e. The minimum absolute atomic E-state index is 0.465. The van der Waals surface area contributed by atoms with Crippen molar-refractivity contribution in [1.82, 2.24) is 44.7 Å². The Morgan fingerprint density at radius 2 is 1.61 bits per heavy atom. The molecule has 0 amide bonds. The number of nitriles is 1. The van der Waals surface area contributed by atoms with Crippen LogP contribution in [0.25, 0.3) is 45.1 Å². The van der Waals surface area contributed by atoms with Crippen molar-refractivity contribution < 1.29 is 0 Å². The van der Waals surface area contributed by atoms with Crippen molar-refractivity contribution in [3.05, 3.63) is 90.6 Å². The van der Waals surface area contributed by atoms with E-state index in [0.717, 1.165) is 27.8 Å². The number of nitrogens with zero attached hydrogens (tertiary/aromatic N) is 10. The van der Waals surface area contributed by atoms with Gasteiger partial charge in [-0.3, -0.25) is 4.68 Å². The summed E-state index contributed by atoms with van der Waals surface area (Å²) in [5.41, 5.74) is 6.31. The minimum atomic E-state index is 0.465. The van der Waals surface area contributed by atoms with Crippen LogP contribution in [0.1, 0.15) is 11.1 Å². The van der Waals surface area contributed by atoms with E-state index in [1.54, 1.807) is 46.3 Å². The first kappa shape index (κ1) is 21.2. The molecule has 0 bridgehead atoms. The topological polar surface area (TPSA) is 124 Å². The summed E-state index contributed by atoms with van der Waals surface area (Å²) in [6.45, 7) is 0.465. The molecule has 0 atom stereocenters. The van der Waals surface area contributed by atoms with Crippen LogP contribution in [0.2, 0.25) is 0 Å². The molecule has 0 saturated carbocycles. The van der Waals surface area contributed by atoms with Gasteiger partial charge >= 0.3 is 0 Å². The predicted molar refractivity (Wildman–Crippen MR) is 132 cm³/mol. The van der Waals surface area contributed by atoms with Crippen LogP contribution in [0.3, 0.4) is 0 Å². The quantitative estimate of drug-likeness (QED) is 0.374. The number of fused-ring (bicyclic) bond motifs is 1. The van der Waals surface area contributed by atoms with Gasteiger partial charge in [-0.25, -0.2) is 24.6 Å². The Bertz CT molecular complexity index is 1740. The van der Waals surface area contributed by atoms with Crippen molar-refractivity contribution in [2.45, 2.75) is 6.54 Å². The van der Waals surface area contributed by atoms with E-state index < -0.39 is 0 Å². The van der Waals surface area contributed by atoms with Gasteiger partial charge in [0.05, 0.1) is 30.6 Å². The second-order valence-electron chi connectivity index (χ2n) is 8.24. The first-order valence-corrected chi connectivity index (χ1v) is 11.1. The van der Waals surface area contributed by atoms with Crippen molar-refractivity contribution in [1.29, 1.82) is 5.26 Å². The van der Waals surface area contributed by atoms with Gasteiger partial charge in [0.2, 0.25) is 0 Å². The number of aryl methyl sites for hydroxylation is 1. The maximum Gasteiger partial charge on any atom is 0.182 e. The van der Waals surface area contributed by atoms with Crippen molar-refractivity contribution in [3.63, 3.8) is 0 Å². The van der Waals surface area contributed by atoms with Crippen molar-refractivity contribution in [2.24, 2.45) is 7.05 Å². The fourth-order valence-corrected chi connectivity index (χ4v) is 3.92. The van der Waals surface area contributed by atoms with Crippen molar-refractivity contribution in [2.75, 3.05) is 0 Å². The smallest absolute Gasteiger partial charge is 0.182 e. The molecule has 0 aliphatic carbocycles. The Kier molecular flexibility index (Phi) is 5.20. The van der Waals surface area contributed by atoms with E-state index >= 15 is 0 Å². The van der Waals surface area contributed by atoms with Gasteiger partial charge in [-0.2, -0.15) is 10.4 Å². The summed E-state index contributed by atoms with van der Waals surface area (Å²) in [7, 11) is 1.88. The molecule has 6 rings (SSSR count). The van der Waals surface area contributed by atoms with E-state index in [9.17, 15) is 5.26 Å². The van der Waals surface area contributed by atoms with E-state index in [-0.39, 0.29) is 0 Å². The molecule has 0 radical (unpaired) electrons. The molecular weight excluding hydrogens is 452 g/mol. The summed E-state index contributed by atoms with van der Waals surface area (Å²) in [5.74, 6) is 1.15. The molecule has 10 heteroatoms. The molecule has 0 unspecified atom stereocenters. The van der Waals surface area contributed by atoms with Crippen LogP contribution in [0, 0.1) is 11.3 Å². The van der Waals surface area contributed by atoms with Crippen molar-refractivity contribution >= 4 is 11.2 Å². The number of rotatable bonds is 5. The van der Waals surface area contributed by atoms with Gasteiger partial charge in [-0.1, -0.05) is 35.5 Å². The third-order valence-corrected chi connectivity index (χ3v) is 5.71. The molecule has 0 aliphatic heterocycles. The number of benzene rings is 2. The van der Waals surface area contributed by atoms with Gasteiger partial charge in [0.25, 0.3) is 0 Å². The van der Waals surface area contributed by atoms with Crippen LogP contribution in [0.15, 0.2) is 79.5 Å². The third kappa shape index (κ3) is 4.05. The van der Waals surface area contributed by atoms with Crippen LogP contribution in [0.4, 0.5) is 0 Å². The summed E-state index contributed by atoms with van der Waals surface area (Å²) in [6, 6.07) is 17.3. The molecule has 172 valence electrons. The summed E-state index contributed by atoms with van der Waals surface area (Å²) >= 11 is 0. The molecule has 2 aromatic carbocycles. The fourth-order valence-electron chi connectivity index (χ4n) is 3.92. The second kappa shape index (κ2) is 8.81. The monoisotopic (exact) mass is 470 g/mol. The minimum Gasteiger partial charge on any atom is -0.275 e. The lowest BCUT2D eigenvalue weighted by molar-refractivity contribution is 0.664. The first-order valence-electron chi connectivity index (χ1n) is 11.1. The highest BCUT2D eigenvalue weighted by molar-refractivity contribution is 5.72. The van der Waals surface area contributed by atoms with Gasteiger partial charge in [0.1, 0.15) is 0 Å². The van der Waals surface area contributed by atoms with E-state index in [1.807, 2.05) is 49.6 Å². The Morgan fingerprint density at radius 3 is 2.39 bits per heavy atom. The maximum absolute atomic E-state index is 9.20. The standard InChI is InChI=1S/C26H18N10/c1-35-16-22(13-31-35)21-11-28-24(29-12-21)19-6-3-5-18(9-19)15-36-26-23(33-34-36)14-30-25(32-26)20-7-2-4-17(8-20)10-27/h2-9,11-14,16H,15H2,1H3. The molecular formula is C26H18N10. The molecule has 0 spiro atoms. The van der Waals surface area contributed by atoms with Crippen LogP contribution in [0.5, 0.6) is 0 Å². The average molecular weight is 471 g/mol. The lowest BCUT2D eigenvalue weighted by atomic mass is 10.1. The highest BCUT2D eigenvalue weighted by Gasteiger charge is 2.12. The van der Waals surface area contributed by atoms with E-state index in [1.165, 1.54) is 0 Å². The predicted octanol–water partition coefficient (Wildman–Crippen LogP) is 3.67. The van der Waals surface area contributed by atoms with E-state index in [4.69, 9.17) is 0 Å². The first-order chi connectivity index (χ1) is 17.7.